The highest BCUT2D eigenvalue weighted by molar-refractivity contribution is 7.89. The van der Waals surface area contributed by atoms with Crippen molar-refractivity contribution < 1.29 is 23.1 Å². The van der Waals surface area contributed by atoms with Gasteiger partial charge in [-0.05, 0) is 31.0 Å². The van der Waals surface area contributed by atoms with Gasteiger partial charge in [-0.3, -0.25) is 4.79 Å². The van der Waals surface area contributed by atoms with Gasteiger partial charge in [0, 0.05) is 0 Å². The minimum absolute atomic E-state index is 0.169. The van der Waals surface area contributed by atoms with E-state index in [4.69, 9.17) is 9.84 Å². The van der Waals surface area contributed by atoms with Gasteiger partial charge >= 0.3 is 5.97 Å². The van der Waals surface area contributed by atoms with E-state index in [-0.39, 0.29) is 5.75 Å². The van der Waals surface area contributed by atoms with Crippen LogP contribution in [0.25, 0.3) is 0 Å². The van der Waals surface area contributed by atoms with Crippen LogP contribution in [-0.2, 0) is 21.2 Å². The van der Waals surface area contributed by atoms with Gasteiger partial charge in [-0.25, -0.2) is 13.1 Å². The molecule has 0 fully saturated rings. The third-order valence-corrected chi connectivity index (χ3v) is 3.97. The summed E-state index contributed by atoms with van der Waals surface area (Å²) >= 11 is 0. The van der Waals surface area contributed by atoms with Crippen molar-refractivity contribution in [2.75, 3.05) is 12.9 Å². The molecule has 1 rings (SSSR count). The number of carboxylic acids is 1. The van der Waals surface area contributed by atoms with Crippen LogP contribution in [0, 0.1) is 0 Å². The maximum absolute atomic E-state index is 11.7. The molecule has 19 heavy (non-hydrogen) atoms. The SMILES string of the molecule is COc1cccc(CCS(=O)(=O)NC(C)C(=O)O)c1. The molecule has 0 heterocycles. The molecule has 6 nitrogen and oxygen atoms in total. The Kier molecular flexibility index (Phi) is 5.31. The van der Waals surface area contributed by atoms with Gasteiger partial charge in [0.15, 0.2) is 0 Å². The van der Waals surface area contributed by atoms with Gasteiger partial charge in [-0.1, -0.05) is 12.1 Å². The lowest BCUT2D eigenvalue weighted by molar-refractivity contribution is -0.138. The average molecular weight is 287 g/mol. The van der Waals surface area contributed by atoms with E-state index in [9.17, 15) is 13.2 Å². The van der Waals surface area contributed by atoms with Gasteiger partial charge in [0.2, 0.25) is 10.0 Å². The largest absolute Gasteiger partial charge is 0.497 e. The zero-order valence-electron chi connectivity index (χ0n) is 10.8. The van der Waals surface area contributed by atoms with Crippen molar-refractivity contribution in [3.05, 3.63) is 29.8 Å². The number of carbonyl (C=O) groups is 1. The lowest BCUT2D eigenvalue weighted by Gasteiger charge is -2.10. The lowest BCUT2D eigenvalue weighted by Crippen LogP contribution is -2.39. The molecule has 106 valence electrons. The Hall–Kier alpha value is -1.60. The predicted octanol–water partition coefficient (Wildman–Crippen LogP) is 0.630. The number of aliphatic carboxylic acids is 1. The van der Waals surface area contributed by atoms with Crippen LogP contribution in [0.4, 0.5) is 0 Å². The van der Waals surface area contributed by atoms with Gasteiger partial charge in [0.25, 0.3) is 0 Å². The molecule has 0 amide bonds. The monoisotopic (exact) mass is 287 g/mol. The number of aryl methyl sites for hydroxylation is 1. The average Bonchev–Trinajstić information content (AvgIpc) is 2.36. The van der Waals surface area contributed by atoms with E-state index in [1.807, 2.05) is 0 Å². The second-order valence-corrected chi connectivity index (χ2v) is 5.97. The summed E-state index contributed by atoms with van der Waals surface area (Å²) in [5.74, 6) is -0.718. The predicted molar refractivity (Wildman–Crippen MR) is 70.7 cm³/mol. The van der Waals surface area contributed by atoms with E-state index in [0.717, 1.165) is 5.56 Å². The standard InChI is InChI=1S/C12H17NO5S/c1-9(12(14)15)13-19(16,17)7-6-10-4-3-5-11(8-10)18-2/h3-5,8-9,13H,6-7H2,1-2H3,(H,14,15). The molecule has 0 bridgehead atoms. The molecule has 0 aromatic heterocycles. The van der Waals surface area contributed by atoms with Gasteiger partial charge in [0.05, 0.1) is 12.9 Å². The number of rotatable bonds is 7. The first-order valence-corrected chi connectivity index (χ1v) is 7.35. The Labute approximate surface area is 112 Å². The first-order chi connectivity index (χ1) is 8.84. The van der Waals surface area contributed by atoms with Crippen LogP contribution < -0.4 is 9.46 Å². The highest BCUT2D eigenvalue weighted by atomic mass is 32.2. The minimum Gasteiger partial charge on any atom is -0.497 e. The summed E-state index contributed by atoms with van der Waals surface area (Å²) in [6, 6.07) is 5.95. The second-order valence-electron chi connectivity index (χ2n) is 4.10. The molecule has 1 unspecified atom stereocenters. The fourth-order valence-electron chi connectivity index (χ4n) is 1.46. The van der Waals surface area contributed by atoms with Gasteiger partial charge in [-0.2, -0.15) is 0 Å². The van der Waals surface area contributed by atoms with Crippen molar-refractivity contribution in [1.82, 2.24) is 4.72 Å². The van der Waals surface area contributed by atoms with E-state index in [0.29, 0.717) is 12.2 Å². The number of carboxylic acid groups (broad SMARTS) is 1. The Morgan fingerprint density at radius 2 is 2.16 bits per heavy atom. The Morgan fingerprint density at radius 1 is 1.47 bits per heavy atom. The summed E-state index contributed by atoms with van der Waals surface area (Å²) in [6.45, 7) is 1.28. The second kappa shape index (κ2) is 6.53. The van der Waals surface area contributed by atoms with Crippen LogP contribution in [0.15, 0.2) is 24.3 Å². The summed E-state index contributed by atoms with van der Waals surface area (Å²) in [7, 11) is -2.08. The van der Waals surface area contributed by atoms with Crippen molar-refractivity contribution in [2.45, 2.75) is 19.4 Å². The maximum Gasteiger partial charge on any atom is 0.321 e. The van der Waals surface area contributed by atoms with Crippen LogP contribution in [-0.4, -0.2) is 38.4 Å². The third-order valence-electron chi connectivity index (χ3n) is 2.52. The van der Waals surface area contributed by atoms with Gasteiger partial charge in [0.1, 0.15) is 11.8 Å². The van der Waals surface area contributed by atoms with Crippen molar-refractivity contribution >= 4 is 16.0 Å². The van der Waals surface area contributed by atoms with Crippen molar-refractivity contribution in [1.29, 1.82) is 0 Å². The highest BCUT2D eigenvalue weighted by Crippen LogP contribution is 2.13. The number of hydrogen-bond acceptors (Lipinski definition) is 4. The van der Waals surface area contributed by atoms with E-state index in [1.54, 1.807) is 24.3 Å². The summed E-state index contributed by atoms with van der Waals surface area (Å²) in [5, 5.41) is 8.66. The normalized spacial score (nSPS) is 12.9. The summed E-state index contributed by atoms with van der Waals surface area (Å²) in [5.41, 5.74) is 0.813. The Bertz CT molecular complexity index is 541. The van der Waals surface area contributed by atoms with Crippen molar-refractivity contribution in [3.8, 4) is 5.75 Å². The molecule has 1 atom stereocenters. The van der Waals surface area contributed by atoms with E-state index in [2.05, 4.69) is 4.72 Å². The fourth-order valence-corrected chi connectivity index (χ4v) is 2.72. The number of benzene rings is 1. The number of methoxy groups -OCH3 is 1. The maximum atomic E-state index is 11.7. The minimum atomic E-state index is -3.62. The summed E-state index contributed by atoms with van der Waals surface area (Å²) in [6.07, 6.45) is 0.291. The van der Waals surface area contributed by atoms with Crippen LogP contribution in [0.1, 0.15) is 12.5 Å². The number of sulfonamides is 1. The van der Waals surface area contributed by atoms with Crippen molar-refractivity contribution in [3.63, 3.8) is 0 Å². The fraction of sp³-hybridized carbons (Fsp3) is 0.417. The molecule has 0 aliphatic heterocycles. The molecule has 0 saturated heterocycles. The summed E-state index contributed by atoms with van der Waals surface area (Å²) in [4.78, 5) is 10.6. The molecule has 0 aliphatic carbocycles. The molecule has 0 aliphatic rings. The highest BCUT2D eigenvalue weighted by Gasteiger charge is 2.19. The molecular weight excluding hydrogens is 270 g/mol. The van der Waals surface area contributed by atoms with Crippen LogP contribution in [0.5, 0.6) is 5.75 Å². The molecule has 1 aromatic rings. The van der Waals surface area contributed by atoms with E-state index in [1.165, 1.54) is 14.0 Å². The zero-order valence-corrected chi connectivity index (χ0v) is 11.6. The molecule has 0 radical (unpaired) electrons. The first-order valence-electron chi connectivity index (χ1n) is 5.70. The van der Waals surface area contributed by atoms with Gasteiger partial charge < -0.3 is 9.84 Å². The Balaban J connectivity index is 2.62. The lowest BCUT2D eigenvalue weighted by atomic mass is 10.2. The number of ether oxygens (including phenoxy) is 1. The zero-order chi connectivity index (χ0) is 14.5. The smallest absolute Gasteiger partial charge is 0.321 e. The van der Waals surface area contributed by atoms with E-state index >= 15 is 0 Å². The molecule has 7 heteroatoms. The third kappa shape index (κ3) is 5.27. The number of nitrogens with one attached hydrogen (secondary N) is 1. The topological polar surface area (TPSA) is 92.7 Å². The van der Waals surface area contributed by atoms with E-state index < -0.39 is 22.0 Å². The number of hydrogen-bond donors (Lipinski definition) is 2. The Morgan fingerprint density at radius 3 is 2.74 bits per heavy atom. The molecule has 0 saturated carbocycles. The molecule has 0 spiro atoms. The van der Waals surface area contributed by atoms with Crippen LogP contribution in [0.2, 0.25) is 0 Å². The molecule has 1 aromatic carbocycles. The van der Waals surface area contributed by atoms with Crippen LogP contribution >= 0.6 is 0 Å². The van der Waals surface area contributed by atoms with Crippen molar-refractivity contribution in [2.24, 2.45) is 0 Å². The summed E-state index contributed by atoms with van der Waals surface area (Å²) < 4.78 is 30.5. The quantitative estimate of drug-likeness (QED) is 0.767. The van der Waals surface area contributed by atoms with Crippen LogP contribution in [0.3, 0.4) is 0 Å². The molecular formula is C12H17NO5S. The first kappa shape index (κ1) is 15.5. The molecule has 2 N–H and O–H groups in total. The van der Waals surface area contributed by atoms with Gasteiger partial charge in [-0.15, -0.1) is 0 Å².